The van der Waals surface area contributed by atoms with Crippen molar-refractivity contribution in [1.82, 2.24) is 4.98 Å². The Hall–Kier alpha value is -1.71. The number of aliphatic hydroxyl groups excluding tert-OH is 1. The van der Waals surface area contributed by atoms with Crippen molar-refractivity contribution >= 4 is 22.2 Å². The normalized spacial score (nSPS) is 12.7. The summed E-state index contributed by atoms with van der Waals surface area (Å²) in [6.07, 6.45) is 1.99. The average molecular weight is 269 g/mol. The molecule has 3 heteroatoms. The summed E-state index contributed by atoms with van der Waals surface area (Å²) < 4.78 is 0. The molecule has 1 aromatic carbocycles. The molecule has 0 bridgehead atoms. The number of aromatic nitrogens is 1. The van der Waals surface area contributed by atoms with Crippen LogP contribution in [0.2, 0.25) is 0 Å². The molecule has 19 heavy (non-hydrogen) atoms. The van der Waals surface area contributed by atoms with Gasteiger partial charge in [0, 0.05) is 18.0 Å². The first-order valence-corrected chi connectivity index (χ1v) is 7.23. The van der Waals surface area contributed by atoms with Crippen LogP contribution in [0.15, 0.2) is 47.3 Å². The Kier molecular flexibility index (Phi) is 3.32. The second kappa shape index (κ2) is 5.11. The van der Waals surface area contributed by atoms with Crippen LogP contribution >= 0.6 is 11.3 Å². The van der Waals surface area contributed by atoms with Crippen molar-refractivity contribution in [3.8, 4) is 0 Å². The van der Waals surface area contributed by atoms with Crippen LogP contribution in [0.4, 0.5) is 0 Å². The van der Waals surface area contributed by atoms with Gasteiger partial charge < -0.3 is 5.11 Å². The molecule has 96 valence electrons. The maximum absolute atomic E-state index is 10.4. The van der Waals surface area contributed by atoms with E-state index in [-0.39, 0.29) is 0 Å². The lowest BCUT2D eigenvalue weighted by Gasteiger charge is -2.12. The van der Waals surface area contributed by atoms with E-state index in [2.05, 4.69) is 16.4 Å². The van der Waals surface area contributed by atoms with Gasteiger partial charge in [0.2, 0.25) is 0 Å². The monoisotopic (exact) mass is 269 g/mol. The summed E-state index contributed by atoms with van der Waals surface area (Å²) in [7, 11) is 0. The molecular formula is C16H15NOS. The van der Waals surface area contributed by atoms with E-state index in [1.165, 1.54) is 0 Å². The van der Waals surface area contributed by atoms with Gasteiger partial charge in [-0.15, -0.1) is 0 Å². The third kappa shape index (κ3) is 2.39. The fourth-order valence-corrected chi connectivity index (χ4v) is 3.26. The SMILES string of the molecule is Cc1cscc1C(O)Cc1ccnc2ccccc12. The van der Waals surface area contributed by atoms with Crippen LogP contribution in [0.1, 0.15) is 22.8 Å². The molecule has 2 heterocycles. The Labute approximate surface area is 116 Å². The van der Waals surface area contributed by atoms with E-state index < -0.39 is 6.10 Å². The minimum atomic E-state index is -0.447. The molecule has 0 spiro atoms. The van der Waals surface area contributed by atoms with Crippen molar-refractivity contribution in [2.45, 2.75) is 19.4 Å². The van der Waals surface area contributed by atoms with E-state index in [0.29, 0.717) is 6.42 Å². The van der Waals surface area contributed by atoms with Crippen LogP contribution in [-0.2, 0) is 6.42 Å². The summed E-state index contributed by atoms with van der Waals surface area (Å²) in [5.41, 5.74) is 4.32. The second-order valence-corrected chi connectivity index (χ2v) is 5.46. The summed E-state index contributed by atoms with van der Waals surface area (Å²) in [5.74, 6) is 0. The molecule has 1 atom stereocenters. The maximum atomic E-state index is 10.4. The number of aliphatic hydroxyl groups is 1. The number of benzene rings is 1. The van der Waals surface area contributed by atoms with Gasteiger partial charge in [0.25, 0.3) is 0 Å². The van der Waals surface area contributed by atoms with E-state index in [1.54, 1.807) is 11.3 Å². The number of hydrogen-bond donors (Lipinski definition) is 1. The predicted molar refractivity (Wildman–Crippen MR) is 79.5 cm³/mol. The van der Waals surface area contributed by atoms with Gasteiger partial charge in [0.15, 0.2) is 0 Å². The first-order chi connectivity index (χ1) is 9.25. The van der Waals surface area contributed by atoms with Gasteiger partial charge in [-0.3, -0.25) is 4.98 Å². The molecule has 2 aromatic heterocycles. The van der Waals surface area contributed by atoms with Crippen LogP contribution < -0.4 is 0 Å². The van der Waals surface area contributed by atoms with E-state index in [9.17, 15) is 5.11 Å². The quantitative estimate of drug-likeness (QED) is 0.782. The van der Waals surface area contributed by atoms with Crippen molar-refractivity contribution in [3.05, 3.63) is 64.0 Å². The molecule has 0 aliphatic heterocycles. The predicted octanol–water partition coefficient (Wildman–Crippen LogP) is 3.88. The minimum absolute atomic E-state index is 0.447. The summed E-state index contributed by atoms with van der Waals surface area (Å²) in [6.45, 7) is 2.04. The van der Waals surface area contributed by atoms with Crippen LogP contribution in [0.25, 0.3) is 10.9 Å². The molecule has 0 radical (unpaired) electrons. The highest BCUT2D eigenvalue weighted by molar-refractivity contribution is 7.08. The number of thiophene rings is 1. The summed E-state index contributed by atoms with van der Waals surface area (Å²) in [4.78, 5) is 4.35. The van der Waals surface area contributed by atoms with Crippen molar-refractivity contribution in [2.24, 2.45) is 0 Å². The molecular weight excluding hydrogens is 254 g/mol. The standard InChI is InChI=1S/C16H15NOS/c1-11-9-19-10-14(11)16(18)8-12-6-7-17-15-5-3-2-4-13(12)15/h2-7,9-10,16,18H,8H2,1H3. The number of pyridine rings is 1. The lowest BCUT2D eigenvalue weighted by Crippen LogP contribution is -2.02. The highest BCUT2D eigenvalue weighted by atomic mass is 32.1. The zero-order valence-corrected chi connectivity index (χ0v) is 11.5. The first kappa shape index (κ1) is 12.3. The zero-order chi connectivity index (χ0) is 13.2. The number of nitrogens with zero attached hydrogens (tertiary/aromatic N) is 1. The topological polar surface area (TPSA) is 33.1 Å². The van der Waals surface area contributed by atoms with Crippen LogP contribution in [0.3, 0.4) is 0 Å². The van der Waals surface area contributed by atoms with Gasteiger partial charge >= 0.3 is 0 Å². The van der Waals surface area contributed by atoms with Crippen LogP contribution in [-0.4, -0.2) is 10.1 Å². The Bertz CT molecular complexity index is 699. The van der Waals surface area contributed by atoms with Gasteiger partial charge in [-0.25, -0.2) is 0 Å². The molecule has 3 rings (SSSR count). The number of hydrogen-bond acceptors (Lipinski definition) is 3. The third-order valence-electron chi connectivity index (χ3n) is 3.41. The first-order valence-electron chi connectivity index (χ1n) is 6.29. The van der Waals surface area contributed by atoms with Crippen molar-refractivity contribution in [1.29, 1.82) is 0 Å². The van der Waals surface area contributed by atoms with Crippen LogP contribution in [0.5, 0.6) is 0 Å². The van der Waals surface area contributed by atoms with Gasteiger partial charge in [0.05, 0.1) is 11.6 Å². The van der Waals surface area contributed by atoms with Gasteiger partial charge in [-0.2, -0.15) is 11.3 Å². The number of aryl methyl sites for hydroxylation is 1. The molecule has 0 aliphatic rings. The van der Waals surface area contributed by atoms with E-state index in [0.717, 1.165) is 27.6 Å². The van der Waals surface area contributed by atoms with Crippen molar-refractivity contribution in [2.75, 3.05) is 0 Å². The van der Waals surface area contributed by atoms with E-state index >= 15 is 0 Å². The van der Waals surface area contributed by atoms with Gasteiger partial charge in [0.1, 0.15) is 0 Å². The molecule has 1 unspecified atom stereocenters. The fourth-order valence-electron chi connectivity index (χ4n) is 2.36. The van der Waals surface area contributed by atoms with Crippen molar-refractivity contribution in [3.63, 3.8) is 0 Å². The van der Waals surface area contributed by atoms with Gasteiger partial charge in [-0.1, -0.05) is 18.2 Å². The van der Waals surface area contributed by atoms with Crippen molar-refractivity contribution < 1.29 is 5.11 Å². The highest BCUT2D eigenvalue weighted by Gasteiger charge is 2.13. The fraction of sp³-hybridized carbons (Fsp3) is 0.188. The summed E-state index contributed by atoms with van der Waals surface area (Å²) in [6, 6.07) is 10.0. The molecule has 0 amide bonds. The number of fused-ring (bicyclic) bond motifs is 1. The van der Waals surface area contributed by atoms with Crippen LogP contribution in [0, 0.1) is 6.92 Å². The molecule has 3 aromatic rings. The van der Waals surface area contributed by atoms with E-state index in [4.69, 9.17) is 0 Å². The largest absolute Gasteiger partial charge is 0.388 e. The van der Waals surface area contributed by atoms with E-state index in [1.807, 2.05) is 42.8 Å². The molecule has 0 saturated heterocycles. The lowest BCUT2D eigenvalue weighted by atomic mass is 9.99. The highest BCUT2D eigenvalue weighted by Crippen LogP contribution is 2.27. The molecule has 1 N–H and O–H groups in total. The van der Waals surface area contributed by atoms with Gasteiger partial charge in [-0.05, 0) is 46.5 Å². The average Bonchev–Trinajstić information content (AvgIpc) is 2.85. The summed E-state index contributed by atoms with van der Waals surface area (Å²) in [5, 5.41) is 15.6. The smallest absolute Gasteiger partial charge is 0.0841 e. The molecule has 2 nitrogen and oxygen atoms in total. The Morgan fingerprint density at radius 1 is 1.21 bits per heavy atom. The Morgan fingerprint density at radius 2 is 2.05 bits per heavy atom. The maximum Gasteiger partial charge on any atom is 0.0841 e. The number of rotatable bonds is 3. The zero-order valence-electron chi connectivity index (χ0n) is 10.7. The third-order valence-corrected chi connectivity index (χ3v) is 4.29. The Balaban J connectivity index is 1.96. The molecule has 0 fully saturated rings. The molecule has 0 saturated carbocycles. The lowest BCUT2D eigenvalue weighted by molar-refractivity contribution is 0.178. The summed E-state index contributed by atoms with van der Waals surface area (Å²) >= 11 is 1.64. The molecule has 0 aliphatic carbocycles. The second-order valence-electron chi connectivity index (χ2n) is 4.72. The number of para-hydroxylation sites is 1. The Morgan fingerprint density at radius 3 is 2.84 bits per heavy atom. The minimum Gasteiger partial charge on any atom is -0.388 e.